The number of sulfone groups is 1. The van der Waals surface area contributed by atoms with Crippen molar-refractivity contribution in [1.29, 1.82) is 0 Å². The van der Waals surface area contributed by atoms with Crippen LogP contribution in [-0.4, -0.2) is 19.8 Å². The summed E-state index contributed by atoms with van der Waals surface area (Å²) in [4.78, 5) is 0.262. The minimum atomic E-state index is -3.24. The van der Waals surface area contributed by atoms with Gasteiger partial charge in [0.1, 0.15) is 5.82 Å². The van der Waals surface area contributed by atoms with Crippen molar-refractivity contribution in [3.63, 3.8) is 0 Å². The zero-order valence-corrected chi connectivity index (χ0v) is 15.4. The predicted molar refractivity (Wildman–Crippen MR) is 103 cm³/mol. The van der Waals surface area contributed by atoms with Gasteiger partial charge in [-0.25, -0.2) is 12.8 Å². The van der Waals surface area contributed by atoms with Crippen LogP contribution in [0.4, 0.5) is 4.39 Å². The topological polar surface area (TPSA) is 54.4 Å². The molecule has 1 aliphatic carbocycles. The normalized spacial score (nSPS) is 15.4. The molecule has 0 aromatic heterocycles. The fourth-order valence-corrected chi connectivity index (χ4v) is 3.79. The van der Waals surface area contributed by atoms with Crippen LogP contribution >= 0.6 is 0 Å². The van der Waals surface area contributed by atoms with E-state index in [9.17, 15) is 17.9 Å². The maximum atomic E-state index is 13.7. The zero-order chi connectivity index (χ0) is 19.1. The Labute approximate surface area is 152 Å². The highest BCUT2D eigenvalue weighted by molar-refractivity contribution is 7.90. The van der Waals surface area contributed by atoms with E-state index in [0.29, 0.717) is 0 Å². The van der Waals surface area contributed by atoms with Crippen LogP contribution in [0.15, 0.2) is 65.3 Å². The Kier molecular flexibility index (Phi) is 4.59. The highest BCUT2D eigenvalue weighted by Gasteiger charge is 2.24. The molecule has 1 N–H and O–H groups in total. The van der Waals surface area contributed by atoms with Gasteiger partial charge in [0.15, 0.2) is 9.84 Å². The highest BCUT2D eigenvalue weighted by atomic mass is 32.2. The summed E-state index contributed by atoms with van der Waals surface area (Å²) in [7, 11) is -3.24. The van der Waals surface area contributed by atoms with Crippen molar-refractivity contribution in [2.45, 2.75) is 18.2 Å². The lowest BCUT2D eigenvalue weighted by Crippen LogP contribution is -1.96. The second-order valence-corrected chi connectivity index (χ2v) is 8.45. The van der Waals surface area contributed by atoms with Crippen LogP contribution in [-0.2, 0) is 9.84 Å². The smallest absolute Gasteiger partial charge is 0.175 e. The van der Waals surface area contributed by atoms with Crippen molar-refractivity contribution >= 4 is 27.1 Å². The Bertz CT molecular complexity index is 1060. The van der Waals surface area contributed by atoms with Crippen molar-refractivity contribution in [2.24, 2.45) is 0 Å². The van der Waals surface area contributed by atoms with Gasteiger partial charge in [0, 0.05) is 12.7 Å². The molecule has 26 heavy (non-hydrogen) atoms. The van der Waals surface area contributed by atoms with Gasteiger partial charge in [0.05, 0.1) is 10.7 Å². The fourth-order valence-electron chi connectivity index (χ4n) is 3.16. The van der Waals surface area contributed by atoms with E-state index in [-0.39, 0.29) is 22.9 Å². The van der Waals surface area contributed by atoms with Gasteiger partial charge in [-0.2, -0.15) is 0 Å². The molecule has 0 amide bonds. The molecule has 3 nitrogen and oxygen atoms in total. The lowest BCUT2D eigenvalue weighted by molar-refractivity contribution is 0.406. The minimum absolute atomic E-state index is 0.0216. The molecule has 0 unspecified atom stereocenters. The summed E-state index contributed by atoms with van der Waals surface area (Å²) in [5.74, 6) is -0.315. The van der Waals surface area contributed by atoms with Crippen molar-refractivity contribution in [3.05, 3.63) is 82.9 Å². The first-order valence-electron chi connectivity index (χ1n) is 8.06. The molecule has 0 spiro atoms. The molecule has 0 saturated carbocycles. The maximum absolute atomic E-state index is 13.7. The maximum Gasteiger partial charge on any atom is 0.175 e. The van der Waals surface area contributed by atoms with Gasteiger partial charge in [-0.3, -0.25) is 0 Å². The average Bonchev–Trinajstić information content (AvgIpc) is 2.79. The van der Waals surface area contributed by atoms with Gasteiger partial charge in [-0.15, -0.1) is 0 Å². The van der Waals surface area contributed by atoms with E-state index >= 15 is 0 Å². The van der Waals surface area contributed by atoms with Gasteiger partial charge in [-0.1, -0.05) is 24.8 Å². The first-order chi connectivity index (χ1) is 12.2. The first kappa shape index (κ1) is 18.1. The van der Waals surface area contributed by atoms with E-state index in [4.69, 9.17) is 0 Å². The predicted octanol–water partition coefficient (Wildman–Crippen LogP) is 5.02. The van der Waals surface area contributed by atoms with Crippen molar-refractivity contribution in [1.82, 2.24) is 0 Å². The molecule has 0 heterocycles. The largest absolute Gasteiger partial charge is 0.513 e. The lowest BCUT2D eigenvalue weighted by atomic mass is 10.0. The second-order valence-electron chi connectivity index (χ2n) is 6.44. The van der Waals surface area contributed by atoms with Crippen LogP contribution < -0.4 is 0 Å². The number of hydrogen-bond donors (Lipinski definition) is 1. The SMILES string of the molecule is C=C(O)CC1=C(C)C(=Cc2ccc(S(C)(=O)=O)cc2)c2ccc(F)cc21. The molecule has 0 atom stereocenters. The summed E-state index contributed by atoms with van der Waals surface area (Å²) in [6, 6.07) is 11.2. The van der Waals surface area contributed by atoms with Gasteiger partial charge in [-0.05, 0) is 70.7 Å². The van der Waals surface area contributed by atoms with Gasteiger partial charge in [0.25, 0.3) is 0 Å². The molecular weight excluding hydrogens is 351 g/mol. The summed E-state index contributed by atoms with van der Waals surface area (Å²) in [5, 5.41) is 9.61. The number of allylic oxidation sites excluding steroid dienone is 3. The van der Waals surface area contributed by atoms with Crippen molar-refractivity contribution in [3.8, 4) is 0 Å². The van der Waals surface area contributed by atoms with Crippen molar-refractivity contribution < 1.29 is 17.9 Å². The van der Waals surface area contributed by atoms with Crippen LogP contribution in [0, 0.1) is 5.82 Å². The first-order valence-corrected chi connectivity index (χ1v) is 9.95. The van der Waals surface area contributed by atoms with Gasteiger partial charge >= 0.3 is 0 Å². The third-order valence-electron chi connectivity index (χ3n) is 4.45. The van der Waals surface area contributed by atoms with Crippen LogP contribution in [0.25, 0.3) is 17.2 Å². The monoisotopic (exact) mass is 370 g/mol. The average molecular weight is 370 g/mol. The van der Waals surface area contributed by atoms with Crippen LogP contribution in [0.1, 0.15) is 30.0 Å². The molecule has 0 radical (unpaired) electrons. The van der Waals surface area contributed by atoms with E-state index in [0.717, 1.165) is 33.4 Å². The second kappa shape index (κ2) is 6.57. The number of rotatable bonds is 4. The van der Waals surface area contributed by atoms with Crippen LogP contribution in [0.2, 0.25) is 0 Å². The molecule has 0 aliphatic heterocycles. The number of aliphatic hydroxyl groups excluding tert-OH is 1. The number of aliphatic hydroxyl groups is 1. The number of fused-ring (bicyclic) bond motifs is 1. The zero-order valence-electron chi connectivity index (χ0n) is 14.6. The lowest BCUT2D eigenvalue weighted by Gasteiger charge is -2.05. The molecular formula is C21H19FO3S. The molecule has 1 aliphatic rings. The fraction of sp³-hybridized carbons (Fsp3) is 0.143. The third kappa shape index (κ3) is 3.48. The summed E-state index contributed by atoms with van der Waals surface area (Å²) in [5.41, 5.74) is 5.16. The van der Waals surface area contributed by atoms with Gasteiger partial charge in [0.2, 0.25) is 0 Å². The van der Waals surface area contributed by atoms with E-state index in [1.165, 1.54) is 18.4 Å². The summed E-state index contributed by atoms with van der Waals surface area (Å²) in [6.45, 7) is 5.46. The van der Waals surface area contributed by atoms with Crippen LogP contribution in [0.3, 0.4) is 0 Å². The Balaban J connectivity index is 2.11. The minimum Gasteiger partial charge on any atom is -0.513 e. The van der Waals surface area contributed by atoms with Crippen LogP contribution in [0.5, 0.6) is 0 Å². The van der Waals surface area contributed by atoms with E-state index in [1.54, 1.807) is 30.3 Å². The standard InChI is InChI=1S/C21H19FO3S/c1-13(23)10-19-14(2)20(18-9-6-16(22)12-21(18)19)11-15-4-7-17(8-5-15)26(3,24)25/h4-9,11-12,23H,1,10H2,2-3H3. The number of halogens is 1. The molecule has 5 heteroatoms. The van der Waals surface area contributed by atoms with E-state index < -0.39 is 9.84 Å². The molecule has 0 saturated heterocycles. The number of benzene rings is 2. The van der Waals surface area contributed by atoms with E-state index in [2.05, 4.69) is 6.58 Å². The summed E-state index contributed by atoms with van der Waals surface area (Å²) < 4.78 is 36.9. The number of hydrogen-bond acceptors (Lipinski definition) is 3. The Morgan fingerprint density at radius 1 is 1.15 bits per heavy atom. The van der Waals surface area contributed by atoms with Crippen molar-refractivity contribution in [2.75, 3.05) is 6.26 Å². The Hall–Kier alpha value is -2.66. The highest BCUT2D eigenvalue weighted by Crippen LogP contribution is 2.44. The summed E-state index contributed by atoms with van der Waals surface area (Å²) >= 11 is 0. The Morgan fingerprint density at radius 2 is 1.81 bits per heavy atom. The summed E-state index contributed by atoms with van der Waals surface area (Å²) in [6.07, 6.45) is 3.36. The molecule has 2 aromatic rings. The quantitative estimate of drug-likeness (QED) is 0.769. The third-order valence-corrected chi connectivity index (χ3v) is 5.58. The molecule has 3 rings (SSSR count). The molecule has 0 fully saturated rings. The molecule has 134 valence electrons. The van der Waals surface area contributed by atoms with Gasteiger partial charge < -0.3 is 5.11 Å². The Morgan fingerprint density at radius 3 is 2.38 bits per heavy atom. The molecule has 2 aromatic carbocycles. The van der Waals surface area contributed by atoms with E-state index in [1.807, 2.05) is 13.0 Å². The molecule has 0 bridgehead atoms.